The standard InChI is InChI=1S/C21H14N4O3S/c1-28-21(27)12-5-7-15(8-6-12)29-20-17(11-23)18(16(10-22)19(24)25-20)13-3-2-4-14(26)9-13/h2-9,26H,1H3,(H2,24,25). The third-order valence-electron chi connectivity index (χ3n) is 4.04. The molecule has 0 saturated carbocycles. The molecule has 0 unspecified atom stereocenters. The molecule has 3 N–H and O–H groups in total. The van der Waals surface area contributed by atoms with Crippen LogP contribution in [0.15, 0.2) is 58.5 Å². The number of aromatic nitrogens is 1. The summed E-state index contributed by atoms with van der Waals surface area (Å²) in [5.41, 5.74) is 7.41. The lowest BCUT2D eigenvalue weighted by atomic mass is 9.97. The number of ether oxygens (including phenoxy) is 1. The number of rotatable bonds is 4. The average Bonchev–Trinajstić information content (AvgIpc) is 2.73. The number of nitrogen functional groups attached to an aromatic ring is 1. The highest BCUT2D eigenvalue weighted by atomic mass is 32.2. The Kier molecular flexibility index (Phi) is 5.68. The highest BCUT2D eigenvalue weighted by Crippen LogP contribution is 2.38. The van der Waals surface area contributed by atoms with Crippen molar-refractivity contribution < 1.29 is 14.6 Å². The molecular weight excluding hydrogens is 388 g/mol. The van der Waals surface area contributed by atoms with E-state index in [-0.39, 0.29) is 22.7 Å². The fraction of sp³-hybridized carbons (Fsp3) is 0.0476. The minimum atomic E-state index is -0.453. The van der Waals surface area contributed by atoms with E-state index in [1.165, 1.54) is 31.0 Å². The molecule has 0 fully saturated rings. The molecule has 0 amide bonds. The number of esters is 1. The third-order valence-corrected chi connectivity index (χ3v) is 5.04. The molecule has 3 rings (SSSR count). The van der Waals surface area contributed by atoms with Gasteiger partial charge in [0.25, 0.3) is 0 Å². The number of carbonyl (C=O) groups excluding carboxylic acids is 1. The number of nitrogens with zero attached hydrogens (tertiary/aromatic N) is 3. The van der Waals surface area contributed by atoms with Gasteiger partial charge in [-0.05, 0) is 42.0 Å². The molecule has 0 bridgehead atoms. The number of hydrogen-bond donors (Lipinski definition) is 2. The molecule has 0 spiro atoms. The second-order valence-electron chi connectivity index (χ2n) is 5.82. The van der Waals surface area contributed by atoms with Crippen molar-refractivity contribution in [1.82, 2.24) is 4.98 Å². The molecule has 0 aliphatic heterocycles. The number of benzene rings is 2. The van der Waals surface area contributed by atoms with Gasteiger partial charge in [-0.3, -0.25) is 0 Å². The van der Waals surface area contributed by atoms with Crippen LogP contribution < -0.4 is 5.73 Å². The average molecular weight is 402 g/mol. The van der Waals surface area contributed by atoms with E-state index in [0.29, 0.717) is 26.6 Å². The lowest BCUT2D eigenvalue weighted by molar-refractivity contribution is 0.0600. The number of aromatic hydroxyl groups is 1. The van der Waals surface area contributed by atoms with E-state index in [1.54, 1.807) is 36.4 Å². The summed E-state index contributed by atoms with van der Waals surface area (Å²) in [6.07, 6.45) is 0. The Morgan fingerprint density at radius 2 is 1.83 bits per heavy atom. The van der Waals surface area contributed by atoms with E-state index >= 15 is 0 Å². The molecule has 1 heterocycles. The zero-order valence-corrected chi connectivity index (χ0v) is 16.0. The van der Waals surface area contributed by atoms with Gasteiger partial charge in [0.1, 0.15) is 34.3 Å². The summed E-state index contributed by atoms with van der Waals surface area (Å²) < 4.78 is 4.68. The molecule has 7 nitrogen and oxygen atoms in total. The third kappa shape index (κ3) is 3.98. The van der Waals surface area contributed by atoms with Gasteiger partial charge in [-0.2, -0.15) is 10.5 Å². The zero-order valence-electron chi connectivity index (χ0n) is 15.2. The Balaban J connectivity index is 2.12. The zero-order chi connectivity index (χ0) is 21.0. The Morgan fingerprint density at radius 1 is 1.14 bits per heavy atom. The van der Waals surface area contributed by atoms with Crippen molar-refractivity contribution in [3.8, 4) is 29.0 Å². The number of nitriles is 2. The van der Waals surface area contributed by atoms with E-state index in [4.69, 9.17) is 5.73 Å². The van der Waals surface area contributed by atoms with Crippen LogP contribution in [-0.4, -0.2) is 23.2 Å². The van der Waals surface area contributed by atoms with E-state index in [0.717, 1.165) is 0 Å². The van der Waals surface area contributed by atoms with Crippen LogP contribution in [0.3, 0.4) is 0 Å². The van der Waals surface area contributed by atoms with Crippen LogP contribution in [0, 0.1) is 22.7 Å². The highest BCUT2D eigenvalue weighted by molar-refractivity contribution is 7.99. The van der Waals surface area contributed by atoms with Gasteiger partial charge in [0.05, 0.1) is 18.2 Å². The van der Waals surface area contributed by atoms with Gasteiger partial charge in [-0.25, -0.2) is 9.78 Å². The van der Waals surface area contributed by atoms with Crippen molar-refractivity contribution in [3.05, 3.63) is 65.2 Å². The highest BCUT2D eigenvalue weighted by Gasteiger charge is 2.21. The van der Waals surface area contributed by atoms with Crippen LogP contribution in [0.4, 0.5) is 5.82 Å². The molecule has 3 aromatic rings. The summed E-state index contributed by atoms with van der Waals surface area (Å²) in [6.45, 7) is 0. The first-order valence-corrected chi connectivity index (χ1v) is 9.09. The van der Waals surface area contributed by atoms with E-state index in [1.807, 2.05) is 6.07 Å². The maximum absolute atomic E-state index is 11.6. The lowest BCUT2D eigenvalue weighted by Gasteiger charge is -2.13. The van der Waals surface area contributed by atoms with Crippen LogP contribution in [0.2, 0.25) is 0 Å². The van der Waals surface area contributed by atoms with Crippen LogP contribution >= 0.6 is 11.8 Å². The first kappa shape index (κ1) is 19.7. The Morgan fingerprint density at radius 3 is 2.41 bits per heavy atom. The molecule has 0 saturated heterocycles. The van der Waals surface area contributed by atoms with Crippen LogP contribution in [-0.2, 0) is 4.74 Å². The summed E-state index contributed by atoms with van der Waals surface area (Å²) in [6, 6.07) is 16.9. The molecule has 2 aromatic carbocycles. The lowest BCUT2D eigenvalue weighted by Crippen LogP contribution is -2.03. The topological polar surface area (TPSA) is 133 Å². The van der Waals surface area contributed by atoms with Crippen LogP contribution in [0.5, 0.6) is 5.75 Å². The van der Waals surface area contributed by atoms with Crippen molar-refractivity contribution in [3.63, 3.8) is 0 Å². The number of pyridine rings is 1. The van der Waals surface area contributed by atoms with Gasteiger partial charge in [-0.1, -0.05) is 23.9 Å². The largest absolute Gasteiger partial charge is 0.508 e. The first-order chi connectivity index (χ1) is 14.0. The summed E-state index contributed by atoms with van der Waals surface area (Å²) in [4.78, 5) is 16.5. The summed E-state index contributed by atoms with van der Waals surface area (Å²) >= 11 is 1.18. The number of nitrogens with two attached hydrogens (primary N) is 1. The maximum atomic E-state index is 11.6. The maximum Gasteiger partial charge on any atom is 0.337 e. The summed E-state index contributed by atoms with van der Waals surface area (Å²) in [7, 11) is 1.30. The molecular formula is C21H14N4O3S. The minimum Gasteiger partial charge on any atom is -0.508 e. The van der Waals surface area contributed by atoms with Gasteiger partial charge >= 0.3 is 5.97 Å². The summed E-state index contributed by atoms with van der Waals surface area (Å²) in [5.74, 6) is -0.469. The van der Waals surface area contributed by atoms with E-state index in [2.05, 4.69) is 15.8 Å². The van der Waals surface area contributed by atoms with Crippen molar-refractivity contribution in [2.45, 2.75) is 9.92 Å². The number of phenols is 1. The Hall–Kier alpha value is -4.01. The number of carbonyl (C=O) groups is 1. The smallest absolute Gasteiger partial charge is 0.337 e. The van der Waals surface area contributed by atoms with Gasteiger partial charge < -0.3 is 15.6 Å². The fourth-order valence-electron chi connectivity index (χ4n) is 2.71. The molecule has 0 aliphatic carbocycles. The second-order valence-corrected chi connectivity index (χ2v) is 6.88. The SMILES string of the molecule is COC(=O)c1ccc(Sc2nc(N)c(C#N)c(-c3cccc(O)c3)c2C#N)cc1. The Bertz CT molecular complexity index is 1180. The van der Waals surface area contributed by atoms with Gasteiger partial charge in [0, 0.05) is 10.5 Å². The second kappa shape index (κ2) is 8.34. The van der Waals surface area contributed by atoms with Crippen molar-refractivity contribution in [2.75, 3.05) is 12.8 Å². The molecule has 8 heteroatoms. The van der Waals surface area contributed by atoms with Gasteiger partial charge in [0.2, 0.25) is 0 Å². The predicted octanol–water partition coefficient (Wildman–Crippen LogP) is 3.72. The molecule has 1 aromatic heterocycles. The molecule has 142 valence electrons. The number of hydrogen-bond acceptors (Lipinski definition) is 8. The number of anilines is 1. The van der Waals surface area contributed by atoms with Crippen LogP contribution in [0.25, 0.3) is 11.1 Å². The molecule has 0 atom stereocenters. The van der Waals surface area contributed by atoms with Crippen LogP contribution in [0.1, 0.15) is 21.5 Å². The Labute approximate surface area is 171 Å². The monoisotopic (exact) mass is 402 g/mol. The van der Waals surface area contributed by atoms with Crippen molar-refractivity contribution in [1.29, 1.82) is 10.5 Å². The molecule has 0 aliphatic rings. The van der Waals surface area contributed by atoms with E-state index < -0.39 is 5.97 Å². The number of methoxy groups -OCH3 is 1. The van der Waals surface area contributed by atoms with E-state index in [9.17, 15) is 20.4 Å². The quantitative estimate of drug-likeness (QED) is 0.631. The van der Waals surface area contributed by atoms with Crippen molar-refractivity contribution >= 4 is 23.5 Å². The first-order valence-electron chi connectivity index (χ1n) is 8.27. The fourth-order valence-corrected chi connectivity index (χ4v) is 3.60. The summed E-state index contributed by atoms with van der Waals surface area (Å²) in [5, 5.41) is 29.5. The normalized spacial score (nSPS) is 10.0. The van der Waals surface area contributed by atoms with Gasteiger partial charge in [-0.15, -0.1) is 0 Å². The predicted molar refractivity (Wildman–Crippen MR) is 107 cm³/mol. The molecule has 0 radical (unpaired) electrons. The minimum absolute atomic E-state index is 0.00161. The van der Waals surface area contributed by atoms with Gasteiger partial charge in [0.15, 0.2) is 0 Å². The molecule has 29 heavy (non-hydrogen) atoms. The van der Waals surface area contributed by atoms with Crippen molar-refractivity contribution in [2.24, 2.45) is 0 Å². The number of phenolic OH excluding ortho intramolecular Hbond substituents is 1.